The van der Waals surface area contributed by atoms with Crippen molar-refractivity contribution in [3.05, 3.63) is 77.3 Å². The summed E-state index contributed by atoms with van der Waals surface area (Å²) in [5, 5.41) is 6.50. The van der Waals surface area contributed by atoms with Gasteiger partial charge in [0, 0.05) is 16.3 Å². The van der Waals surface area contributed by atoms with Crippen LogP contribution in [-0.2, 0) is 9.59 Å². The van der Waals surface area contributed by atoms with E-state index in [0.717, 1.165) is 4.70 Å². The molecule has 1 aliphatic heterocycles. The lowest BCUT2D eigenvalue weighted by molar-refractivity contribution is -0.123. The van der Waals surface area contributed by atoms with Crippen molar-refractivity contribution in [1.29, 1.82) is 0 Å². The first-order chi connectivity index (χ1) is 16.5. The minimum atomic E-state index is -0.373. The second kappa shape index (κ2) is 9.12. The number of nitrogens with one attached hydrogen (secondary N) is 2. The fourth-order valence-electron chi connectivity index (χ4n) is 3.51. The highest BCUT2D eigenvalue weighted by molar-refractivity contribution is 7.22. The van der Waals surface area contributed by atoms with Crippen LogP contribution in [0.2, 0.25) is 5.02 Å². The average molecular weight is 493 g/mol. The highest BCUT2D eigenvalue weighted by Crippen LogP contribution is 2.34. The van der Waals surface area contributed by atoms with Gasteiger partial charge < -0.3 is 10.1 Å². The molecule has 4 aromatic rings. The normalized spacial score (nSPS) is 12.7. The molecule has 10 heteroatoms. The van der Waals surface area contributed by atoms with Gasteiger partial charge in [0.15, 0.2) is 11.7 Å². The zero-order valence-electron chi connectivity index (χ0n) is 17.6. The molecule has 0 atom stereocenters. The number of halogens is 1. The quantitative estimate of drug-likeness (QED) is 0.425. The Morgan fingerprint density at radius 1 is 1.06 bits per heavy atom. The van der Waals surface area contributed by atoms with Crippen LogP contribution >= 0.6 is 22.9 Å². The van der Waals surface area contributed by atoms with Gasteiger partial charge in [-0.2, -0.15) is 0 Å². The number of amides is 3. The number of carbonyl (C=O) groups excluding carboxylic acids is 3. The van der Waals surface area contributed by atoms with Gasteiger partial charge in [0.1, 0.15) is 12.3 Å². The fraction of sp³-hybridized carbons (Fsp3) is 0.0833. The zero-order chi connectivity index (χ0) is 23.7. The second-order valence-corrected chi connectivity index (χ2v) is 8.92. The molecule has 0 unspecified atom stereocenters. The SMILES string of the molecule is O=C(CN1C(=O)COc2ccc(Cl)cc21)Nc1ccc2nc(NC(=O)c3ccccc3)sc2c1. The summed E-state index contributed by atoms with van der Waals surface area (Å²) in [6, 6.07) is 19.0. The molecule has 0 bridgehead atoms. The van der Waals surface area contributed by atoms with Crippen LogP contribution in [0, 0.1) is 0 Å². The molecule has 0 saturated carbocycles. The Labute approximate surface area is 203 Å². The van der Waals surface area contributed by atoms with E-state index >= 15 is 0 Å². The largest absolute Gasteiger partial charge is 0.482 e. The maximum absolute atomic E-state index is 12.7. The van der Waals surface area contributed by atoms with Crippen molar-refractivity contribution in [2.24, 2.45) is 0 Å². The van der Waals surface area contributed by atoms with Crippen LogP contribution in [0.1, 0.15) is 10.4 Å². The standard InChI is InChI=1S/C24H17ClN4O4S/c25-15-6-9-19-18(10-15)29(22(31)13-33-19)12-21(30)26-16-7-8-17-20(11-16)34-24(27-17)28-23(32)14-4-2-1-3-5-14/h1-11H,12-13H2,(H,26,30)(H,27,28,32). The Morgan fingerprint density at radius 3 is 2.71 bits per heavy atom. The lowest BCUT2D eigenvalue weighted by Crippen LogP contribution is -2.43. The molecular weight excluding hydrogens is 476 g/mol. The Bertz CT molecular complexity index is 1420. The van der Waals surface area contributed by atoms with E-state index in [1.54, 1.807) is 60.7 Å². The smallest absolute Gasteiger partial charge is 0.265 e. The maximum Gasteiger partial charge on any atom is 0.265 e. The van der Waals surface area contributed by atoms with Gasteiger partial charge in [-0.15, -0.1) is 0 Å². The van der Waals surface area contributed by atoms with Crippen molar-refractivity contribution >= 4 is 67.4 Å². The summed E-state index contributed by atoms with van der Waals surface area (Å²) in [4.78, 5) is 43.2. The predicted molar refractivity (Wildman–Crippen MR) is 132 cm³/mol. The van der Waals surface area contributed by atoms with E-state index in [4.69, 9.17) is 16.3 Å². The third-order valence-corrected chi connectivity index (χ3v) is 6.26. The first-order valence-corrected chi connectivity index (χ1v) is 11.5. The lowest BCUT2D eigenvalue weighted by Gasteiger charge is -2.29. The molecule has 0 spiro atoms. The minimum absolute atomic E-state index is 0.147. The number of hydrogen-bond donors (Lipinski definition) is 2. The van der Waals surface area contributed by atoms with E-state index in [1.807, 2.05) is 6.07 Å². The number of anilines is 3. The third-order valence-electron chi connectivity index (χ3n) is 5.09. The van der Waals surface area contributed by atoms with E-state index in [9.17, 15) is 14.4 Å². The van der Waals surface area contributed by atoms with E-state index in [0.29, 0.717) is 38.4 Å². The summed E-state index contributed by atoms with van der Waals surface area (Å²) >= 11 is 7.35. The van der Waals surface area contributed by atoms with Crippen LogP contribution in [0.3, 0.4) is 0 Å². The summed E-state index contributed by atoms with van der Waals surface area (Å²) in [7, 11) is 0. The number of benzene rings is 3. The molecule has 170 valence electrons. The Balaban J connectivity index is 1.29. The first-order valence-electron chi connectivity index (χ1n) is 10.3. The molecule has 0 radical (unpaired) electrons. The van der Waals surface area contributed by atoms with Crippen LogP contribution in [0.5, 0.6) is 5.75 Å². The van der Waals surface area contributed by atoms with Crippen molar-refractivity contribution in [3.8, 4) is 5.75 Å². The van der Waals surface area contributed by atoms with Crippen molar-refractivity contribution in [3.63, 3.8) is 0 Å². The Kier molecular flexibility index (Phi) is 5.87. The van der Waals surface area contributed by atoms with E-state index in [-0.39, 0.29) is 30.9 Å². The number of thiazole rings is 1. The molecule has 8 nitrogen and oxygen atoms in total. The van der Waals surface area contributed by atoms with Gasteiger partial charge in [0.05, 0.1) is 15.9 Å². The molecule has 0 aliphatic carbocycles. The van der Waals surface area contributed by atoms with Crippen LogP contribution in [-0.4, -0.2) is 35.9 Å². The highest BCUT2D eigenvalue weighted by atomic mass is 35.5. The maximum atomic E-state index is 12.7. The van der Waals surface area contributed by atoms with Crippen LogP contribution in [0.15, 0.2) is 66.7 Å². The zero-order valence-corrected chi connectivity index (χ0v) is 19.2. The molecule has 3 amide bonds. The molecule has 0 fully saturated rings. The summed E-state index contributed by atoms with van der Waals surface area (Å²) in [6.45, 7) is -0.332. The third kappa shape index (κ3) is 4.57. The first kappa shape index (κ1) is 21.9. The molecule has 2 N–H and O–H groups in total. The van der Waals surface area contributed by atoms with Crippen LogP contribution < -0.4 is 20.3 Å². The Hall–Kier alpha value is -3.95. The van der Waals surface area contributed by atoms with E-state index in [2.05, 4.69) is 15.6 Å². The monoisotopic (exact) mass is 492 g/mol. The predicted octanol–water partition coefficient (Wildman–Crippen LogP) is 4.57. The van der Waals surface area contributed by atoms with E-state index in [1.165, 1.54) is 16.2 Å². The van der Waals surface area contributed by atoms with Gasteiger partial charge in [0.25, 0.3) is 11.8 Å². The van der Waals surface area contributed by atoms with Crippen molar-refractivity contribution in [1.82, 2.24) is 4.98 Å². The summed E-state index contributed by atoms with van der Waals surface area (Å²) in [5.74, 6) is -0.457. The summed E-state index contributed by atoms with van der Waals surface area (Å²) in [5.41, 5.74) is 2.23. The Morgan fingerprint density at radius 2 is 1.88 bits per heavy atom. The topological polar surface area (TPSA) is 101 Å². The van der Waals surface area contributed by atoms with Gasteiger partial charge in [-0.3, -0.25) is 24.6 Å². The van der Waals surface area contributed by atoms with Crippen LogP contribution in [0.4, 0.5) is 16.5 Å². The fourth-order valence-corrected chi connectivity index (χ4v) is 4.57. The number of aromatic nitrogens is 1. The van der Waals surface area contributed by atoms with Crippen molar-refractivity contribution in [2.75, 3.05) is 28.7 Å². The molecule has 1 aromatic heterocycles. The molecule has 0 saturated heterocycles. The number of carbonyl (C=O) groups is 3. The van der Waals surface area contributed by atoms with Crippen molar-refractivity contribution in [2.45, 2.75) is 0 Å². The van der Waals surface area contributed by atoms with Gasteiger partial charge >= 0.3 is 0 Å². The molecule has 2 heterocycles. The van der Waals surface area contributed by atoms with Gasteiger partial charge in [0.2, 0.25) is 5.91 Å². The minimum Gasteiger partial charge on any atom is -0.482 e. The molecular formula is C24H17ClN4O4S. The van der Waals surface area contributed by atoms with Gasteiger partial charge in [-0.05, 0) is 48.5 Å². The lowest BCUT2D eigenvalue weighted by atomic mass is 10.2. The van der Waals surface area contributed by atoms with Crippen LogP contribution in [0.25, 0.3) is 10.2 Å². The summed E-state index contributed by atoms with van der Waals surface area (Å²) in [6.07, 6.45) is 0. The van der Waals surface area contributed by atoms with E-state index < -0.39 is 0 Å². The molecule has 5 rings (SSSR count). The van der Waals surface area contributed by atoms with Gasteiger partial charge in [-0.1, -0.05) is 41.1 Å². The number of ether oxygens (including phenoxy) is 1. The summed E-state index contributed by atoms with van der Waals surface area (Å²) < 4.78 is 6.20. The highest BCUT2D eigenvalue weighted by Gasteiger charge is 2.27. The number of nitrogens with zero attached hydrogens (tertiary/aromatic N) is 2. The second-order valence-electron chi connectivity index (χ2n) is 7.45. The molecule has 34 heavy (non-hydrogen) atoms. The average Bonchev–Trinajstić information content (AvgIpc) is 3.23. The number of hydrogen-bond acceptors (Lipinski definition) is 6. The molecule has 1 aliphatic rings. The van der Waals surface area contributed by atoms with Gasteiger partial charge in [-0.25, -0.2) is 4.98 Å². The van der Waals surface area contributed by atoms with Crippen molar-refractivity contribution < 1.29 is 19.1 Å². The number of fused-ring (bicyclic) bond motifs is 2. The number of rotatable bonds is 5. The molecule has 3 aromatic carbocycles.